The number of carbonyl (C=O) groups is 5. The van der Waals surface area contributed by atoms with Gasteiger partial charge in [0.15, 0.2) is 23.2 Å². The molecular formula is C51H66N8O8S. The van der Waals surface area contributed by atoms with Gasteiger partial charge in [-0.15, -0.1) is 0 Å². The number of hydroxylamine groups is 1. The van der Waals surface area contributed by atoms with Crippen LogP contribution in [0.15, 0.2) is 66.9 Å². The summed E-state index contributed by atoms with van der Waals surface area (Å²) in [5, 5.41) is 12.1. The van der Waals surface area contributed by atoms with E-state index in [-0.39, 0.29) is 107 Å². The molecule has 0 unspecified atom stereocenters. The van der Waals surface area contributed by atoms with Gasteiger partial charge in [0.25, 0.3) is 0 Å². The Hall–Kier alpha value is -6.03. The number of fused-ring (bicyclic) bond motifs is 5. The summed E-state index contributed by atoms with van der Waals surface area (Å²) in [5.74, 6) is -2.75. The highest BCUT2D eigenvalue weighted by Crippen LogP contribution is 2.41. The van der Waals surface area contributed by atoms with Crippen LogP contribution in [0, 0.1) is 30.1 Å². The molecule has 4 atom stereocenters. The average Bonchev–Trinajstić information content (AvgIpc) is 3.30. The van der Waals surface area contributed by atoms with Crippen LogP contribution in [-0.4, -0.2) is 97.1 Å². The van der Waals surface area contributed by atoms with Crippen molar-refractivity contribution in [1.82, 2.24) is 25.7 Å². The van der Waals surface area contributed by atoms with Gasteiger partial charge in [0.05, 0.1) is 30.5 Å². The molecule has 3 aromatic carbocycles. The number of nitrogens with zero attached hydrogens (tertiary/aromatic N) is 4. The SMILES string of the molecule is CONCC[C@H](CC(=O)c1cnc(-c2ccc(C(C)(C)C)cc2)nc1C)C(=O)N(C)[C@@H]1C(=O)C[C@@H](C)C(=O)N[C@H](C(=O)CCC#N)Cc2ccc(OCCN)c(c2)-c2cc1ccc2OCCN.S. The van der Waals surface area contributed by atoms with E-state index < -0.39 is 41.5 Å². The molecule has 0 saturated carbocycles. The van der Waals surface area contributed by atoms with Gasteiger partial charge in [-0.05, 0) is 66.1 Å². The van der Waals surface area contributed by atoms with E-state index in [1.165, 1.54) is 25.3 Å². The van der Waals surface area contributed by atoms with E-state index in [9.17, 15) is 29.2 Å². The number of nitriles is 1. The number of carbonyl (C=O) groups excluding carboxylic acids is 5. The van der Waals surface area contributed by atoms with Crippen molar-refractivity contribution in [1.29, 1.82) is 5.26 Å². The first kappa shape index (κ1) is 54.6. The molecule has 16 nitrogen and oxygen atoms in total. The van der Waals surface area contributed by atoms with E-state index in [0.29, 0.717) is 45.3 Å². The molecule has 0 fully saturated rings. The molecule has 17 heteroatoms. The monoisotopic (exact) mass is 950 g/mol. The van der Waals surface area contributed by atoms with E-state index >= 15 is 0 Å². The Morgan fingerprint density at radius 2 is 1.62 bits per heavy atom. The Kier molecular flexibility index (Phi) is 20.4. The first-order valence-electron chi connectivity index (χ1n) is 22.7. The average molecular weight is 951 g/mol. The molecule has 364 valence electrons. The zero-order valence-electron chi connectivity index (χ0n) is 40.1. The lowest BCUT2D eigenvalue weighted by molar-refractivity contribution is -0.142. The summed E-state index contributed by atoms with van der Waals surface area (Å²) in [4.78, 5) is 86.9. The van der Waals surface area contributed by atoms with Crippen LogP contribution < -0.4 is 31.7 Å². The number of aromatic nitrogens is 2. The highest BCUT2D eigenvalue weighted by atomic mass is 32.1. The van der Waals surface area contributed by atoms with Crippen LogP contribution in [-0.2, 0) is 35.9 Å². The summed E-state index contributed by atoms with van der Waals surface area (Å²) in [6.45, 7) is 10.7. The van der Waals surface area contributed by atoms with Crippen LogP contribution >= 0.6 is 13.5 Å². The summed E-state index contributed by atoms with van der Waals surface area (Å²) in [7, 11) is 2.95. The van der Waals surface area contributed by atoms with Crippen LogP contribution in [0.3, 0.4) is 0 Å². The molecular weight excluding hydrogens is 885 g/mol. The van der Waals surface area contributed by atoms with Gasteiger partial charge in [-0.3, -0.25) is 24.0 Å². The molecule has 0 aliphatic carbocycles. The number of aryl methyl sites for hydroxylation is 1. The van der Waals surface area contributed by atoms with Crippen molar-refractivity contribution in [3.8, 4) is 40.1 Å². The fourth-order valence-corrected chi connectivity index (χ4v) is 8.11. The van der Waals surface area contributed by atoms with Gasteiger partial charge in [0, 0.05) is 87.1 Å². The third-order valence-electron chi connectivity index (χ3n) is 11.8. The first-order chi connectivity index (χ1) is 32.0. The highest BCUT2D eigenvalue weighted by molar-refractivity contribution is 7.59. The van der Waals surface area contributed by atoms with Crippen molar-refractivity contribution >= 4 is 42.7 Å². The maximum Gasteiger partial charge on any atom is 0.226 e. The summed E-state index contributed by atoms with van der Waals surface area (Å²) < 4.78 is 12.3. The van der Waals surface area contributed by atoms with Crippen molar-refractivity contribution in [2.75, 3.05) is 47.0 Å². The maximum atomic E-state index is 14.9. The number of hydrogen-bond donors (Lipinski definition) is 4. The maximum absolute atomic E-state index is 14.9. The second-order valence-electron chi connectivity index (χ2n) is 17.9. The molecule has 2 amide bonds. The normalized spacial score (nSPS) is 16.6. The van der Waals surface area contributed by atoms with Crippen LogP contribution in [0.25, 0.3) is 22.5 Å². The number of nitrogens with one attached hydrogen (secondary N) is 2. The molecule has 0 saturated heterocycles. The fraction of sp³-hybridized carbons (Fsp3) is 0.451. The number of rotatable bonds is 19. The second-order valence-corrected chi connectivity index (χ2v) is 17.9. The third kappa shape index (κ3) is 14.0. The van der Waals surface area contributed by atoms with Gasteiger partial charge in [-0.1, -0.05) is 64.1 Å². The van der Waals surface area contributed by atoms with Gasteiger partial charge in [-0.2, -0.15) is 18.8 Å². The summed E-state index contributed by atoms with van der Waals surface area (Å²) >= 11 is 0. The lowest BCUT2D eigenvalue weighted by atomic mass is 9.86. The summed E-state index contributed by atoms with van der Waals surface area (Å²) in [6.07, 6.45) is 1.09. The van der Waals surface area contributed by atoms with Gasteiger partial charge in [-0.25, -0.2) is 15.4 Å². The number of ketones is 3. The van der Waals surface area contributed by atoms with Gasteiger partial charge >= 0.3 is 0 Å². The molecule has 6 N–H and O–H groups in total. The fourth-order valence-electron chi connectivity index (χ4n) is 8.11. The molecule has 1 aromatic heterocycles. The Morgan fingerprint density at radius 1 is 0.971 bits per heavy atom. The zero-order valence-corrected chi connectivity index (χ0v) is 41.1. The number of benzene rings is 3. The third-order valence-corrected chi connectivity index (χ3v) is 11.8. The van der Waals surface area contributed by atoms with Crippen molar-refractivity contribution in [3.63, 3.8) is 0 Å². The zero-order chi connectivity index (χ0) is 48.8. The molecule has 0 spiro atoms. The van der Waals surface area contributed by atoms with Crippen molar-refractivity contribution in [2.24, 2.45) is 23.3 Å². The van der Waals surface area contributed by atoms with Crippen LogP contribution in [0.4, 0.5) is 0 Å². The lowest BCUT2D eigenvalue weighted by Gasteiger charge is -2.32. The molecule has 0 radical (unpaired) electrons. The molecule has 5 rings (SSSR count). The minimum Gasteiger partial charge on any atom is -0.492 e. The van der Waals surface area contributed by atoms with E-state index in [4.69, 9.17) is 25.8 Å². The van der Waals surface area contributed by atoms with E-state index in [0.717, 1.165) is 11.1 Å². The minimum absolute atomic E-state index is 0. The highest BCUT2D eigenvalue weighted by Gasteiger charge is 2.36. The van der Waals surface area contributed by atoms with Crippen molar-refractivity contribution in [3.05, 3.63) is 94.8 Å². The molecule has 4 aromatic rings. The number of amides is 2. The summed E-state index contributed by atoms with van der Waals surface area (Å²) in [5.41, 5.74) is 19.3. The quantitative estimate of drug-likeness (QED) is 0.0505. The number of likely N-dealkylation sites (N-methyl/N-ethyl adjacent to an activating group) is 1. The van der Waals surface area contributed by atoms with Crippen LogP contribution in [0.1, 0.15) is 98.6 Å². The smallest absolute Gasteiger partial charge is 0.226 e. The number of hydrogen-bond acceptors (Lipinski definition) is 14. The number of ether oxygens (including phenoxy) is 2. The Morgan fingerprint density at radius 3 is 2.22 bits per heavy atom. The number of nitrogens with two attached hydrogens (primary N) is 2. The Bertz CT molecular complexity index is 2450. The Labute approximate surface area is 406 Å². The van der Waals surface area contributed by atoms with Gasteiger partial charge < -0.3 is 36.0 Å². The minimum atomic E-state index is -1.25. The van der Waals surface area contributed by atoms with E-state index in [1.807, 2.05) is 36.4 Å². The van der Waals surface area contributed by atoms with Gasteiger partial charge in [0.2, 0.25) is 11.8 Å². The predicted octanol–water partition coefficient (Wildman–Crippen LogP) is 5.64. The van der Waals surface area contributed by atoms with E-state index in [2.05, 4.69) is 41.5 Å². The molecule has 4 bridgehead atoms. The van der Waals surface area contributed by atoms with Crippen molar-refractivity contribution < 1.29 is 38.3 Å². The molecule has 68 heavy (non-hydrogen) atoms. The van der Waals surface area contributed by atoms with E-state index in [1.54, 1.807) is 44.2 Å². The van der Waals surface area contributed by atoms with Crippen molar-refractivity contribution in [2.45, 2.75) is 90.6 Å². The first-order valence-corrected chi connectivity index (χ1v) is 22.7. The molecule has 1 aliphatic rings. The molecule has 1 aliphatic heterocycles. The number of Topliss-reactive ketones (excluding diaryl/α,β-unsaturated/α-hetero) is 3. The van der Waals surface area contributed by atoms with Crippen LogP contribution in [0.2, 0.25) is 0 Å². The largest absolute Gasteiger partial charge is 0.492 e. The molecule has 2 heterocycles. The standard InChI is InChI=1S/C51H64N8O8.H2S/c1-31-25-44(62)47(59(6)50(64)36(18-22-56-65-7)29-43(61)40-30-55-48(57-32(40)2)34-11-14-37(15-12-34)51(3,4)5)35-13-17-46(67-24-21-54)39(28-35)38-26-33(10-16-45(38)66-23-20-53)27-41(58-49(31)63)42(60)9-8-19-52;/h10-17,26,28,30-31,36,41,47,56H,8-9,18,20-25,27,29,53-54H2,1-7H3,(H,58,63);1H2/t31-,36-,41+,47+;/m1./s1. The lowest BCUT2D eigenvalue weighted by Crippen LogP contribution is -2.46. The van der Waals surface area contributed by atoms with Crippen LogP contribution in [0.5, 0.6) is 11.5 Å². The summed E-state index contributed by atoms with van der Waals surface area (Å²) in [6, 6.07) is 18.2. The second kappa shape index (κ2) is 25.4. The van der Waals surface area contributed by atoms with Gasteiger partial charge in [0.1, 0.15) is 30.8 Å². The topological polar surface area (TPSA) is 242 Å². The Balaban J connectivity index is 0.0000101. The predicted molar refractivity (Wildman–Crippen MR) is 264 cm³/mol.